The number of hydrogen-bond acceptors (Lipinski definition) is 0. The van der Waals surface area contributed by atoms with Gasteiger partial charge in [0, 0.05) is 0 Å². The third-order valence-electron chi connectivity index (χ3n) is 4.30. The molecular formula is C18H40Si. The number of rotatable bonds is 12. The van der Waals surface area contributed by atoms with Crippen LogP contribution in [0.5, 0.6) is 0 Å². The Morgan fingerprint density at radius 3 is 1.26 bits per heavy atom. The predicted octanol–water partition coefficient (Wildman–Crippen LogP) is 7.13. The fourth-order valence-electron chi connectivity index (χ4n) is 3.85. The lowest BCUT2D eigenvalue weighted by Gasteiger charge is -2.35. The molecule has 0 rings (SSSR count). The Balaban J connectivity index is 4.63. The van der Waals surface area contributed by atoms with Crippen LogP contribution in [0.2, 0.25) is 24.2 Å². The normalized spacial score (nSPS) is 12.6. The van der Waals surface area contributed by atoms with E-state index in [0.717, 1.165) is 11.8 Å². The predicted molar refractivity (Wildman–Crippen MR) is 93.7 cm³/mol. The number of hydrogen-bond donors (Lipinski definition) is 0. The standard InChI is InChI=1S/C18H40Si/c1-7-9-11-13-19(15-17(3)4,16-18(5)6)14-12-10-8-2/h17-18H,7-16H2,1-6H3. The maximum atomic E-state index is 2.45. The first-order valence-corrected chi connectivity index (χ1v) is 11.8. The van der Waals surface area contributed by atoms with Gasteiger partial charge in [0.05, 0.1) is 8.07 Å². The zero-order valence-corrected chi connectivity index (χ0v) is 15.7. The van der Waals surface area contributed by atoms with Gasteiger partial charge >= 0.3 is 0 Å². The summed E-state index contributed by atoms with van der Waals surface area (Å²) in [6.07, 6.45) is 8.69. The van der Waals surface area contributed by atoms with Crippen LogP contribution in [0, 0.1) is 11.8 Å². The quantitative estimate of drug-likeness (QED) is 0.264. The summed E-state index contributed by atoms with van der Waals surface area (Å²) in [5, 5.41) is 0. The molecule has 0 aliphatic rings. The second-order valence-electron chi connectivity index (χ2n) is 7.61. The topological polar surface area (TPSA) is 0 Å². The summed E-state index contributed by atoms with van der Waals surface area (Å²) in [7, 11) is -0.996. The van der Waals surface area contributed by atoms with Gasteiger partial charge in [-0.15, -0.1) is 0 Å². The zero-order valence-electron chi connectivity index (χ0n) is 14.7. The van der Waals surface area contributed by atoms with E-state index in [-0.39, 0.29) is 0 Å². The first-order valence-electron chi connectivity index (χ1n) is 8.95. The van der Waals surface area contributed by atoms with E-state index in [2.05, 4.69) is 41.5 Å². The second kappa shape index (κ2) is 10.9. The van der Waals surface area contributed by atoms with Crippen molar-refractivity contribution in [2.45, 2.75) is 104 Å². The maximum absolute atomic E-state index is 2.45. The lowest BCUT2D eigenvalue weighted by molar-refractivity contribution is 0.646. The first-order chi connectivity index (χ1) is 8.95. The Morgan fingerprint density at radius 2 is 1.00 bits per heavy atom. The van der Waals surface area contributed by atoms with Crippen molar-refractivity contribution in [2.24, 2.45) is 11.8 Å². The molecule has 0 nitrogen and oxygen atoms in total. The Morgan fingerprint density at radius 1 is 0.632 bits per heavy atom. The molecule has 0 aromatic rings. The Bertz CT molecular complexity index is 174. The molecule has 0 fully saturated rings. The minimum absolute atomic E-state index is 0.911. The Kier molecular flexibility index (Phi) is 11.1. The largest absolute Gasteiger partial charge is 0.0654 e. The highest BCUT2D eigenvalue weighted by molar-refractivity contribution is 6.80. The van der Waals surface area contributed by atoms with Crippen molar-refractivity contribution in [2.75, 3.05) is 0 Å². The molecule has 0 saturated carbocycles. The molecule has 0 aromatic heterocycles. The molecule has 1 heteroatoms. The molecule has 0 bridgehead atoms. The lowest BCUT2D eigenvalue weighted by Crippen LogP contribution is -2.37. The van der Waals surface area contributed by atoms with Crippen molar-refractivity contribution >= 4 is 8.07 Å². The van der Waals surface area contributed by atoms with Crippen molar-refractivity contribution < 1.29 is 0 Å². The zero-order chi connectivity index (χ0) is 14.7. The lowest BCUT2D eigenvalue weighted by atomic mass is 10.2. The van der Waals surface area contributed by atoms with E-state index < -0.39 is 8.07 Å². The molecule has 0 saturated heterocycles. The molecule has 0 aromatic carbocycles. The highest BCUT2D eigenvalue weighted by Crippen LogP contribution is 2.36. The summed E-state index contributed by atoms with van der Waals surface area (Å²) in [5.74, 6) is 1.82. The Hall–Kier alpha value is 0.217. The summed E-state index contributed by atoms with van der Waals surface area (Å²) in [6, 6.07) is 6.39. The highest BCUT2D eigenvalue weighted by atomic mass is 28.3. The highest BCUT2D eigenvalue weighted by Gasteiger charge is 2.32. The molecule has 19 heavy (non-hydrogen) atoms. The van der Waals surface area contributed by atoms with Crippen LogP contribution in [0.15, 0.2) is 0 Å². The molecule has 0 unspecified atom stereocenters. The van der Waals surface area contributed by atoms with Crippen LogP contribution < -0.4 is 0 Å². The van der Waals surface area contributed by atoms with Crippen molar-refractivity contribution in [1.82, 2.24) is 0 Å². The molecule has 0 amide bonds. The first kappa shape index (κ1) is 19.2. The van der Waals surface area contributed by atoms with Gasteiger partial charge in [0.25, 0.3) is 0 Å². The van der Waals surface area contributed by atoms with E-state index in [1.807, 2.05) is 0 Å². The van der Waals surface area contributed by atoms with Crippen molar-refractivity contribution in [1.29, 1.82) is 0 Å². The van der Waals surface area contributed by atoms with Gasteiger partial charge in [-0.3, -0.25) is 0 Å². The molecule has 0 radical (unpaired) electrons. The summed E-state index contributed by atoms with van der Waals surface area (Å²) in [6.45, 7) is 14.5. The fourth-order valence-corrected chi connectivity index (χ4v) is 10.5. The summed E-state index contributed by atoms with van der Waals surface area (Å²) >= 11 is 0. The third-order valence-corrected chi connectivity index (χ3v) is 10.5. The van der Waals surface area contributed by atoms with Crippen molar-refractivity contribution in [3.63, 3.8) is 0 Å². The summed E-state index contributed by atoms with van der Waals surface area (Å²) < 4.78 is 0. The van der Waals surface area contributed by atoms with Gasteiger partial charge in [0.2, 0.25) is 0 Å². The average molecular weight is 285 g/mol. The van der Waals surface area contributed by atoms with Crippen LogP contribution in [-0.4, -0.2) is 8.07 Å². The van der Waals surface area contributed by atoms with Crippen LogP contribution in [0.4, 0.5) is 0 Å². The van der Waals surface area contributed by atoms with Crippen LogP contribution in [-0.2, 0) is 0 Å². The molecule has 0 heterocycles. The monoisotopic (exact) mass is 284 g/mol. The van der Waals surface area contributed by atoms with Gasteiger partial charge in [0.1, 0.15) is 0 Å². The van der Waals surface area contributed by atoms with Gasteiger partial charge < -0.3 is 0 Å². The molecular weight excluding hydrogens is 244 g/mol. The van der Waals surface area contributed by atoms with Crippen molar-refractivity contribution in [3.8, 4) is 0 Å². The fraction of sp³-hybridized carbons (Fsp3) is 1.00. The van der Waals surface area contributed by atoms with Gasteiger partial charge in [-0.2, -0.15) is 0 Å². The molecule has 0 aliphatic carbocycles. The number of unbranched alkanes of at least 4 members (excludes halogenated alkanes) is 4. The van der Waals surface area contributed by atoms with Crippen molar-refractivity contribution in [3.05, 3.63) is 0 Å². The summed E-state index contributed by atoms with van der Waals surface area (Å²) in [4.78, 5) is 0. The van der Waals surface area contributed by atoms with E-state index in [1.54, 1.807) is 24.2 Å². The van der Waals surface area contributed by atoms with Gasteiger partial charge in [-0.25, -0.2) is 0 Å². The molecule has 0 aliphatic heterocycles. The van der Waals surface area contributed by atoms with Gasteiger partial charge in [-0.1, -0.05) is 104 Å². The molecule has 0 atom stereocenters. The summed E-state index contributed by atoms with van der Waals surface area (Å²) in [5.41, 5.74) is 0. The average Bonchev–Trinajstić information content (AvgIpc) is 2.27. The van der Waals surface area contributed by atoms with Gasteiger partial charge in [-0.05, 0) is 11.8 Å². The van der Waals surface area contributed by atoms with E-state index in [0.29, 0.717) is 0 Å². The van der Waals surface area contributed by atoms with Crippen LogP contribution >= 0.6 is 0 Å². The molecule has 116 valence electrons. The van der Waals surface area contributed by atoms with Crippen LogP contribution in [0.1, 0.15) is 80.1 Å². The van der Waals surface area contributed by atoms with Crippen LogP contribution in [0.25, 0.3) is 0 Å². The van der Waals surface area contributed by atoms with E-state index >= 15 is 0 Å². The minimum atomic E-state index is -0.996. The molecule has 0 spiro atoms. The molecule has 0 N–H and O–H groups in total. The van der Waals surface area contributed by atoms with E-state index in [9.17, 15) is 0 Å². The van der Waals surface area contributed by atoms with Crippen LogP contribution in [0.3, 0.4) is 0 Å². The maximum Gasteiger partial charge on any atom is 0.0540 e. The van der Waals surface area contributed by atoms with Gasteiger partial charge in [0.15, 0.2) is 0 Å². The second-order valence-corrected chi connectivity index (χ2v) is 12.4. The minimum Gasteiger partial charge on any atom is -0.0654 e. The third kappa shape index (κ3) is 9.71. The Labute approximate surface area is 124 Å². The smallest absolute Gasteiger partial charge is 0.0540 e. The van der Waals surface area contributed by atoms with E-state index in [4.69, 9.17) is 0 Å². The SMILES string of the molecule is CCCCC[Si](CCCCC)(CC(C)C)CC(C)C. The van der Waals surface area contributed by atoms with E-state index in [1.165, 1.54) is 38.5 Å².